The molecule has 4 heteroatoms. The van der Waals surface area contributed by atoms with E-state index in [1.54, 1.807) is 23.5 Å². The van der Waals surface area contributed by atoms with Gasteiger partial charge in [-0.1, -0.05) is 6.92 Å². The van der Waals surface area contributed by atoms with E-state index in [4.69, 9.17) is 5.73 Å². The largest absolute Gasteiger partial charge is 0.330 e. The Labute approximate surface area is 98.3 Å². The van der Waals surface area contributed by atoms with Gasteiger partial charge in [0.2, 0.25) is 0 Å². The van der Waals surface area contributed by atoms with Crippen LogP contribution in [0.25, 0.3) is 10.2 Å². The van der Waals surface area contributed by atoms with Gasteiger partial charge >= 0.3 is 0 Å². The first-order valence-corrected chi connectivity index (χ1v) is 6.25. The third-order valence-corrected chi connectivity index (χ3v) is 3.73. The minimum absolute atomic E-state index is 0.196. The van der Waals surface area contributed by atoms with E-state index in [1.165, 1.54) is 6.07 Å². The molecule has 0 saturated heterocycles. The number of rotatable bonds is 4. The molecule has 2 nitrogen and oxygen atoms in total. The van der Waals surface area contributed by atoms with Crippen molar-refractivity contribution in [3.05, 3.63) is 29.0 Å². The Morgan fingerprint density at radius 3 is 3.06 bits per heavy atom. The molecule has 1 unspecified atom stereocenters. The summed E-state index contributed by atoms with van der Waals surface area (Å²) in [6, 6.07) is 4.73. The lowest BCUT2D eigenvalue weighted by Gasteiger charge is -2.04. The molecule has 2 rings (SSSR count). The van der Waals surface area contributed by atoms with Crippen molar-refractivity contribution >= 4 is 21.6 Å². The van der Waals surface area contributed by atoms with Crippen LogP contribution in [-0.4, -0.2) is 11.5 Å². The van der Waals surface area contributed by atoms with E-state index >= 15 is 0 Å². The summed E-state index contributed by atoms with van der Waals surface area (Å²) in [5.74, 6) is 0.321. The smallest absolute Gasteiger partial charge is 0.124 e. The lowest BCUT2D eigenvalue weighted by molar-refractivity contribution is 0.544. The molecule has 0 fully saturated rings. The highest BCUT2D eigenvalue weighted by atomic mass is 32.1. The second kappa shape index (κ2) is 4.89. The van der Waals surface area contributed by atoms with Gasteiger partial charge in [-0.2, -0.15) is 0 Å². The Morgan fingerprint density at radius 2 is 2.31 bits per heavy atom. The van der Waals surface area contributed by atoms with E-state index in [1.807, 2.05) is 0 Å². The van der Waals surface area contributed by atoms with E-state index in [2.05, 4.69) is 11.9 Å². The van der Waals surface area contributed by atoms with Crippen LogP contribution < -0.4 is 5.73 Å². The van der Waals surface area contributed by atoms with Gasteiger partial charge in [0, 0.05) is 0 Å². The molecule has 86 valence electrons. The van der Waals surface area contributed by atoms with Gasteiger partial charge in [-0.15, -0.1) is 11.3 Å². The van der Waals surface area contributed by atoms with Crippen molar-refractivity contribution in [3.63, 3.8) is 0 Å². The van der Waals surface area contributed by atoms with E-state index in [0.29, 0.717) is 12.5 Å². The maximum atomic E-state index is 13.0. The average molecular weight is 238 g/mol. The molecule has 0 aliphatic carbocycles. The zero-order chi connectivity index (χ0) is 11.5. The zero-order valence-corrected chi connectivity index (χ0v) is 10.1. The molecule has 2 aromatic rings. The molecule has 0 radical (unpaired) electrons. The van der Waals surface area contributed by atoms with Gasteiger partial charge in [0.05, 0.1) is 15.2 Å². The number of hydrogen-bond acceptors (Lipinski definition) is 3. The van der Waals surface area contributed by atoms with Gasteiger partial charge in [0.15, 0.2) is 0 Å². The first kappa shape index (κ1) is 11.5. The summed E-state index contributed by atoms with van der Waals surface area (Å²) in [4.78, 5) is 4.47. The molecule has 16 heavy (non-hydrogen) atoms. The van der Waals surface area contributed by atoms with E-state index in [-0.39, 0.29) is 5.82 Å². The maximum Gasteiger partial charge on any atom is 0.124 e. The Kier molecular flexibility index (Phi) is 3.51. The zero-order valence-electron chi connectivity index (χ0n) is 9.24. The monoisotopic (exact) mass is 238 g/mol. The van der Waals surface area contributed by atoms with Crippen LogP contribution in [0.2, 0.25) is 0 Å². The van der Waals surface area contributed by atoms with Gasteiger partial charge in [-0.3, -0.25) is 0 Å². The van der Waals surface area contributed by atoms with E-state index in [9.17, 15) is 4.39 Å². The molecule has 1 aromatic carbocycles. The van der Waals surface area contributed by atoms with Crippen molar-refractivity contribution < 1.29 is 4.39 Å². The van der Waals surface area contributed by atoms with Crippen LogP contribution in [0.15, 0.2) is 18.2 Å². The summed E-state index contributed by atoms with van der Waals surface area (Å²) in [6.07, 6.45) is 1.97. The lowest BCUT2D eigenvalue weighted by atomic mass is 10.1. The Bertz CT molecular complexity index is 481. The highest BCUT2D eigenvalue weighted by Gasteiger charge is 2.06. The van der Waals surface area contributed by atoms with E-state index < -0.39 is 0 Å². The molecule has 0 aliphatic heterocycles. The SMILES string of the molecule is CC(CN)CCc1nc2ccc(F)cc2s1. The topological polar surface area (TPSA) is 38.9 Å². The van der Waals surface area contributed by atoms with Crippen LogP contribution in [0.4, 0.5) is 4.39 Å². The molecule has 0 spiro atoms. The van der Waals surface area contributed by atoms with Crippen molar-refractivity contribution in [1.29, 1.82) is 0 Å². The number of aromatic nitrogens is 1. The first-order chi connectivity index (χ1) is 7.69. The fraction of sp³-hybridized carbons (Fsp3) is 0.417. The summed E-state index contributed by atoms with van der Waals surface area (Å²) in [6.45, 7) is 2.84. The number of thiazole rings is 1. The molecule has 0 saturated carbocycles. The van der Waals surface area contributed by atoms with Gasteiger partial charge in [-0.25, -0.2) is 9.37 Å². The Hall–Kier alpha value is -1.000. The van der Waals surface area contributed by atoms with Crippen LogP contribution in [0.1, 0.15) is 18.4 Å². The fourth-order valence-corrected chi connectivity index (χ4v) is 2.55. The molecule has 2 N–H and O–H groups in total. The van der Waals surface area contributed by atoms with Crippen LogP contribution in [0.5, 0.6) is 0 Å². The van der Waals surface area contributed by atoms with Crippen molar-refractivity contribution in [2.75, 3.05) is 6.54 Å². The molecular formula is C12H15FN2S. The van der Waals surface area contributed by atoms with Gasteiger partial charge in [-0.05, 0) is 43.5 Å². The molecule has 0 amide bonds. The highest BCUT2D eigenvalue weighted by molar-refractivity contribution is 7.18. The van der Waals surface area contributed by atoms with Gasteiger partial charge in [0.1, 0.15) is 5.82 Å². The van der Waals surface area contributed by atoms with Crippen LogP contribution in [0, 0.1) is 11.7 Å². The number of fused-ring (bicyclic) bond motifs is 1. The summed E-state index contributed by atoms with van der Waals surface area (Å²) in [5, 5.41) is 1.07. The molecule has 1 aromatic heterocycles. The minimum Gasteiger partial charge on any atom is -0.330 e. The molecule has 1 heterocycles. The first-order valence-electron chi connectivity index (χ1n) is 5.44. The quantitative estimate of drug-likeness (QED) is 0.889. The second-order valence-electron chi connectivity index (χ2n) is 4.10. The summed E-state index contributed by atoms with van der Waals surface area (Å²) in [5.41, 5.74) is 6.46. The third-order valence-electron chi connectivity index (χ3n) is 2.65. The summed E-state index contributed by atoms with van der Waals surface area (Å²) in [7, 11) is 0. The van der Waals surface area contributed by atoms with Crippen molar-refractivity contribution in [2.24, 2.45) is 11.7 Å². The van der Waals surface area contributed by atoms with Crippen molar-refractivity contribution in [2.45, 2.75) is 19.8 Å². The standard InChI is InChI=1S/C12H15FN2S/c1-8(7-14)2-5-12-15-10-4-3-9(13)6-11(10)16-12/h3-4,6,8H,2,5,7,14H2,1H3. The molecule has 1 atom stereocenters. The normalized spacial score (nSPS) is 13.2. The predicted octanol–water partition coefficient (Wildman–Crippen LogP) is 2.96. The minimum atomic E-state index is -0.196. The van der Waals surface area contributed by atoms with Crippen LogP contribution in [0.3, 0.4) is 0 Å². The maximum absolute atomic E-state index is 13.0. The number of nitrogens with zero attached hydrogens (tertiary/aromatic N) is 1. The summed E-state index contributed by atoms with van der Waals surface area (Å²) < 4.78 is 13.9. The van der Waals surface area contributed by atoms with Crippen LogP contribution in [-0.2, 0) is 6.42 Å². The van der Waals surface area contributed by atoms with E-state index in [0.717, 1.165) is 28.1 Å². The number of hydrogen-bond donors (Lipinski definition) is 1. The number of aryl methyl sites for hydroxylation is 1. The van der Waals surface area contributed by atoms with Gasteiger partial charge in [0.25, 0.3) is 0 Å². The fourth-order valence-electron chi connectivity index (χ4n) is 1.54. The lowest BCUT2D eigenvalue weighted by Crippen LogP contribution is -2.11. The third kappa shape index (κ3) is 2.57. The number of benzene rings is 1. The Balaban J connectivity index is 2.13. The Morgan fingerprint density at radius 1 is 1.50 bits per heavy atom. The number of nitrogens with two attached hydrogens (primary N) is 1. The number of halogens is 1. The van der Waals surface area contributed by atoms with Crippen molar-refractivity contribution in [1.82, 2.24) is 4.98 Å². The molecule has 0 bridgehead atoms. The molecular weight excluding hydrogens is 223 g/mol. The van der Waals surface area contributed by atoms with Gasteiger partial charge < -0.3 is 5.73 Å². The average Bonchev–Trinajstić information content (AvgIpc) is 2.67. The second-order valence-corrected chi connectivity index (χ2v) is 5.21. The highest BCUT2D eigenvalue weighted by Crippen LogP contribution is 2.24. The molecule has 0 aliphatic rings. The predicted molar refractivity (Wildman–Crippen MR) is 66.1 cm³/mol. The summed E-state index contributed by atoms with van der Waals surface area (Å²) >= 11 is 1.57. The van der Waals surface area contributed by atoms with Crippen molar-refractivity contribution in [3.8, 4) is 0 Å². The van der Waals surface area contributed by atoms with Crippen LogP contribution >= 0.6 is 11.3 Å².